The second-order valence-electron chi connectivity index (χ2n) is 7.11. The van der Waals surface area contributed by atoms with Crippen molar-refractivity contribution in [3.05, 3.63) is 0 Å². The summed E-state index contributed by atoms with van der Waals surface area (Å²) in [5.74, 6) is -0.323. The summed E-state index contributed by atoms with van der Waals surface area (Å²) in [5.41, 5.74) is 0. The molecule has 0 radical (unpaired) electrons. The van der Waals surface area contributed by atoms with Crippen LogP contribution in [-0.2, 0) is 4.79 Å². The fourth-order valence-corrected chi connectivity index (χ4v) is 2.82. The number of thiol groups is 1. The van der Waals surface area contributed by atoms with E-state index in [9.17, 15) is 4.79 Å². The van der Waals surface area contributed by atoms with Crippen molar-refractivity contribution in [3.8, 4) is 0 Å². The summed E-state index contributed by atoms with van der Waals surface area (Å²) in [6.45, 7) is 2.08. The molecule has 0 aliphatic carbocycles. The standard InChI is InChI=1S/C18H36O2.C3H8O2S/c1-2-3-4-5-6-7-8-9-10-11-12-13-14-15-16-17-18(19)20;4-1-3(5)2-6/h2-17H2,1H3,(H,19,20);3-6H,1-2H2. The smallest absolute Gasteiger partial charge is 0.303 e. The molecule has 0 aromatic heterocycles. The number of unbranched alkanes of at least 4 members (excludes halogenated alkanes) is 14. The summed E-state index contributed by atoms with van der Waals surface area (Å²) in [6.07, 6.45) is 19.6. The summed E-state index contributed by atoms with van der Waals surface area (Å²) in [6, 6.07) is 0. The summed E-state index contributed by atoms with van der Waals surface area (Å²) in [4.78, 5) is 10.3. The van der Waals surface area contributed by atoms with Crippen LogP contribution in [0.2, 0.25) is 0 Å². The third kappa shape index (κ3) is 28.5. The molecule has 5 heteroatoms. The molecule has 0 rings (SSSR count). The van der Waals surface area contributed by atoms with Crippen molar-refractivity contribution in [1.82, 2.24) is 0 Å². The first-order valence-electron chi connectivity index (χ1n) is 10.7. The lowest BCUT2D eigenvalue weighted by atomic mass is 10.0. The van der Waals surface area contributed by atoms with Crippen LogP contribution in [0.25, 0.3) is 0 Å². The van der Waals surface area contributed by atoms with Gasteiger partial charge >= 0.3 is 5.97 Å². The molecule has 158 valence electrons. The van der Waals surface area contributed by atoms with Crippen molar-refractivity contribution in [2.24, 2.45) is 0 Å². The SMILES string of the molecule is CCCCCCCCCCCCCCCCCC(=O)O.OCC(O)CS. The maximum absolute atomic E-state index is 10.3. The highest BCUT2D eigenvalue weighted by Crippen LogP contribution is 2.13. The molecule has 0 aromatic rings. The van der Waals surface area contributed by atoms with Crippen LogP contribution in [0.1, 0.15) is 110 Å². The van der Waals surface area contributed by atoms with Gasteiger partial charge in [-0.2, -0.15) is 12.6 Å². The average molecular weight is 393 g/mol. The van der Waals surface area contributed by atoms with Crippen molar-refractivity contribution in [2.45, 2.75) is 116 Å². The zero-order valence-electron chi connectivity index (χ0n) is 17.0. The molecule has 1 unspecified atom stereocenters. The lowest BCUT2D eigenvalue weighted by Crippen LogP contribution is -2.12. The van der Waals surface area contributed by atoms with Crippen LogP contribution in [0.4, 0.5) is 0 Å². The maximum atomic E-state index is 10.3. The molecule has 4 nitrogen and oxygen atoms in total. The third-order valence-electron chi connectivity index (χ3n) is 4.42. The minimum atomic E-state index is -0.653. The Bertz CT molecular complexity index is 271. The van der Waals surface area contributed by atoms with Crippen molar-refractivity contribution >= 4 is 18.6 Å². The first kappa shape index (κ1) is 28.0. The molecule has 0 aromatic carbocycles. The van der Waals surface area contributed by atoms with E-state index >= 15 is 0 Å². The first-order chi connectivity index (χ1) is 12.6. The molecule has 1 atom stereocenters. The number of hydrogen-bond acceptors (Lipinski definition) is 4. The van der Waals surface area contributed by atoms with Gasteiger partial charge in [-0.3, -0.25) is 4.79 Å². The molecule has 26 heavy (non-hydrogen) atoms. The number of aliphatic carboxylic acids is 1. The topological polar surface area (TPSA) is 77.8 Å². The minimum Gasteiger partial charge on any atom is -0.481 e. The highest BCUT2D eigenvalue weighted by molar-refractivity contribution is 7.80. The van der Waals surface area contributed by atoms with E-state index < -0.39 is 12.1 Å². The van der Waals surface area contributed by atoms with Crippen molar-refractivity contribution in [1.29, 1.82) is 0 Å². The second-order valence-corrected chi connectivity index (χ2v) is 7.48. The van der Waals surface area contributed by atoms with Gasteiger partial charge in [0.2, 0.25) is 0 Å². The molecule has 0 saturated carbocycles. The van der Waals surface area contributed by atoms with E-state index in [0.717, 1.165) is 12.8 Å². The van der Waals surface area contributed by atoms with Gasteiger partial charge in [0.25, 0.3) is 0 Å². The van der Waals surface area contributed by atoms with E-state index in [0.29, 0.717) is 12.2 Å². The van der Waals surface area contributed by atoms with Crippen LogP contribution in [-0.4, -0.2) is 39.8 Å². The third-order valence-corrected chi connectivity index (χ3v) is 4.84. The van der Waals surface area contributed by atoms with Crippen LogP contribution in [0.15, 0.2) is 0 Å². The molecule has 0 spiro atoms. The number of aliphatic hydroxyl groups excluding tert-OH is 2. The van der Waals surface area contributed by atoms with E-state index in [4.69, 9.17) is 15.3 Å². The van der Waals surface area contributed by atoms with Crippen LogP contribution in [0, 0.1) is 0 Å². The minimum absolute atomic E-state index is 0.191. The Labute approximate surface area is 167 Å². The number of carboxylic acid groups (broad SMARTS) is 1. The largest absolute Gasteiger partial charge is 0.481 e. The Kier molecular flexibility index (Phi) is 26.6. The summed E-state index contributed by atoms with van der Waals surface area (Å²) in [7, 11) is 0. The van der Waals surface area contributed by atoms with E-state index in [-0.39, 0.29) is 6.61 Å². The van der Waals surface area contributed by atoms with Crippen LogP contribution >= 0.6 is 12.6 Å². The van der Waals surface area contributed by atoms with Gasteiger partial charge in [-0.25, -0.2) is 0 Å². The lowest BCUT2D eigenvalue weighted by Gasteiger charge is -2.03. The average Bonchev–Trinajstić information content (AvgIpc) is 2.64. The van der Waals surface area contributed by atoms with E-state index in [1.54, 1.807) is 0 Å². The van der Waals surface area contributed by atoms with E-state index in [1.807, 2.05) is 0 Å². The van der Waals surface area contributed by atoms with Gasteiger partial charge in [0.15, 0.2) is 0 Å². The molecular formula is C21H44O4S. The zero-order chi connectivity index (χ0) is 19.9. The Balaban J connectivity index is 0. The highest BCUT2D eigenvalue weighted by Gasteiger charge is 1.97. The highest BCUT2D eigenvalue weighted by atomic mass is 32.1. The molecule has 3 N–H and O–H groups in total. The van der Waals surface area contributed by atoms with Gasteiger partial charge in [0.1, 0.15) is 0 Å². The van der Waals surface area contributed by atoms with Crippen LogP contribution in [0.5, 0.6) is 0 Å². The van der Waals surface area contributed by atoms with Gasteiger partial charge in [-0.15, -0.1) is 0 Å². The Morgan fingerprint density at radius 2 is 1.12 bits per heavy atom. The van der Waals surface area contributed by atoms with Crippen LogP contribution in [0.3, 0.4) is 0 Å². The second kappa shape index (κ2) is 24.7. The maximum Gasteiger partial charge on any atom is 0.303 e. The predicted octanol–water partition coefficient (Wildman–Crippen LogP) is 5.60. The van der Waals surface area contributed by atoms with Crippen molar-refractivity contribution in [2.75, 3.05) is 12.4 Å². The Hall–Kier alpha value is -0.260. The van der Waals surface area contributed by atoms with E-state index in [1.165, 1.54) is 83.5 Å². The fourth-order valence-electron chi connectivity index (χ4n) is 2.71. The predicted molar refractivity (Wildman–Crippen MR) is 114 cm³/mol. The molecule has 0 aliphatic heterocycles. The monoisotopic (exact) mass is 392 g/mol. The van der Waals surface area contributed by atoms with Crippen LogP contribution < -0.4 is 0 Å². The molecular weight excluding hydrogens is 348 g/mol. The van der Waals surface area contributed by atoms with Gasteiger partial charge < -0.3 is 15.3 Å². The fraction of sp³-hybridized carbons (Fsp3) is 0.952. The van der Waals surface area contributed by atoms with Crippen molar-refractivity contribution in [3.63, 3.8) is 0 Å². The number of carboxylic acids is 1. The molecule has 0 aliphatic rings. The van der Waals surface area contributed by atoms with Gasteiger partial charge in [0.05, 0.1) is 12.7 Å². The van der Waals surface area contributed by atoms with E-state index in [2.05, 4.69) is 19.6 Å². The van der Waals surface area contributed by atoms with Gasteiger partial charge in [0, 0.05) is 12.2 Å². The summed E-state index contributed by atoms with van der Waals surface area (Å²) >= 11 is 3.69. The Morgan fingerprint density at radius 3 is 1.35 bits per heavy atom. The number of carbonyl (C=O) groups is 1. The molecule has 0 amide bonds. The molecule has 0 fully saturated rings. The molecule has 0 bridgehead atoms. The number of hydrogen-bond donors (Lipinski definition) is 4. The zero-order valence-corrected chi connectivity index (χ0v) is 17.9. The van der Waals surface area contributed by atoms with Crippen molar-refractivity contribution < 1.29 is 20.1 Å². The van der Waals surface area contributed by atoms with Gasteiger partial charge in [-0.05, 0) is 6.42 Å². The Morgan fingerprint density at radius 1 is 0.769 bits per heavy atom. The summed E-state index contributed by atoms with van der Waals surface area (Å²) in [5, 5.41) is 24.9. The van der Waals surface area contributed by atoms with Gasteiger partial charge in [-0.1, -0.05) is 96.8 Å². The number of rotatable bonds is 18. The summed E-state index contributed by atoms with van der Waals surface area (Å²) < 4.78 is 0. The molecule has 0 heterocycles. The normalized spacial score (nSPS) is 11.7. The lowest BCUT2D eigenvalue weighted by molar-refractivity contribution is -0.137. The number of aliphatic hydroxyl groups is 2. The quantitative estimate of drug-likeness (QED) is 0.181. The first-order valence-corrected chi connectivity index (χ1v) is 11.3. The molecule has 0 saturated heterocycles.